The van der Waals surface area contributed by atoms with Crippen LogP contribution in [0.2, 0.25) is 0 Å². The zero-order valence-electron chi connectivity index (χ0n) is 12.7. The fourth-order valence-corrected chi connectivity index (χ4v) is 1.23. The molecule has 21 heavy (non-hydrogen) atoms. The Morgan fingerprint density at radius 3 is 2.19 bits per heavy atom. The molecule has 1 aromatic rings. The van der Waals surface area contributed by atoms with Crippen molar-refractivity contribution in [3.05, 3.63) is 54.8 Å². The fourth-order valence-electron chi connectivity index (χ4n) is 1.23. The lowest BCUT2D eigenvalue weighted by Crippen LogP contribution is -1.93. The molecular formula is C17H26O4. The lowest BCUT2D eigenvalue weighted by atomic mass is 10.2. The number of aliphatic hydroxyl groups excluding tert-OH is 2. The second kappa shape index (κ2) is 14.6. The summed E-state index contributed by atoms with van der Waals surface area (Å²) in [5.74, 6) is 0.869. The van der Waals surface area contributed by atoms with Gasteiger partial charge < -0.3 is 19.7 Å². The molecule has 1 rings (SSSR count). The molecule has 4 nitrogen and oxygen atoms in total. The zero-order valence-corrected chi connectivity index (χ0v) is 12.7. The summed E-state index contributed by atoms with van der Waals surface area (Å²) < 4.78 is 10.5. The second-order valence-electron chi connectivity index (χ2n) is 4.27. The van der Waals surface area contributed by atoms with Gasteiger partial charge in [-0.3, -0.25) is 0 Å². The summed E-state index contributed by atoms with van der Waals surface area (Å²) in [5, 5.41) is 16.2. The second-order valence-corrected chi connectivity index (χ2v) is 4.27. The van der Waals surface area contributed by atoms with E-state index in [0.717, 1.165) is 18.6 Å². The predicted molar refractivity (Wildman–Crippen MR) is 85.4 cm³/mol. The molecule has 0 aromatic heterocycles. The zero-order chi connectivity index (χ0) is 15.8. The van der Waals surface area contributed by atoms with E-state index in [1.54, 1.807) is 12.3 Å². The van der Waals surface area contributed by atoms with Gasteiger partial charge in [-0.05, 0) is 38.0 Å². The highest BCUT2D eigenvalue weighted by Crippen LogP contribution is 2.10. The van der Waals surface area contributed by atoms with E-state index in [1.165, 1.54) is 5.56 Å². The maximum Gasteiger partial charge on any atom is 0.119 e. The number of benzene rings is 1. The average molecular weight is 294 g/mol. The van der Waals surface area contributed by atoms with Crippen LogP contribution < -0.4 is 4.74 Å². The summed E-state index contributed by atoms with van der Waals surface area (Å²) in [7, 11) is 0. The van der Waals surface area contributed by atoms with Gasteiger partial charge in [-0.15, -0.1) is 0 Å². The van der Waals surface area contributed by atoms with Crippen LogP contribution in [0.1, 0.15) is 18.4 Å². The molecule has 2 N–H and O–H groups in total. The first-order valence-electron chi connectivity index (χ1n) is 7.03. The third-order valence-electron chi connectivity index (χ3n) is 2.34. The third-order valence-corrected chi connectivity index (χ3v) is 2.34. The molecule has 0 bridgehead atoms. The maximum atomic E-state index is 8.09. The topological polar surface area (TPSA) is 58.9 Å². The first-order chi connectivity index (χ1) is 10.2. The first-order valence-corrected chi connectivity index (χ1v) is 7.03. The van der Waals surface area contributed by atoms with Crippen LogP contribution in [0.25, 0.3) is 0 Å². The molecule has 0 fully saturated rings. The minimum absolute atomic E-state index is 0.195. The quantitative estimate of drug-likeness (QED) is 0.418. The van der Waals surface area contributed by atoms with Crippen molar-refractivity contribution in [2.24, 2.45) is 0 Å². The summed E-state index contributed by atoms with van der Waals surface area (Å²) >= 11 is 0. The molecule has 0 saturated carbocycles. The van der Waals surface area contributed by atoms with Crippen molar-refractivity contribution in [2.45, 2.75) is 19.8 Å². The van der Waals surface area contributed by atoms with Gasteiger partial charge in [-0.1, -0.05) is 30.4 Å². The number of aliphatic hydroxyl groups is 2. The largest absolute Gasteiger partial charge is 0.497 e. The van der Waals surface area contributed by atoms with Gasteiger partial charge in [0.2, 0.25) is 0 Å². The molecule has 0 aliphatic carbocycles. The maximum absolute atomic E-state index is 8.09. The van der Waals surface area contributed by atoms with Gasteiger partial charge in [0, 0.05) is 13.2 Å². The molecule has 4 heteroatoms. The van der Waals surface area contributed by atoms with Crippen LogP contribution in [0.3, 0.4) is 0 Å². The lowest BCUT2D eigenvalue weighted by Gasteiger charge is -2.02. The average Bonchev–Trinajstić information content (AvgIpc) is 2.51. The highest BCUT2D eigenvalue weighted by Gasteiger charge is 1.89. The molecule has 0 atom stereocenters. The molecule has 118 valence electrons. The molecule has 0 aliphatic heterocycles. The van der Waals surface area contributed by atoms with Crippen molar-refractivity contribution in [3.8, 4) is 5.75 Å². The Morgan fingerprint density at radius 1 is 1.05 bits per heavy atom. The van der Waals surface area contributed by atoms with Crippen LogP contribution in [0.15, 0.2) is 49.3 Å². The molecule has 0 aliphatic rings. The Labute approximate surface area is 127 Å². The van der Waals surface area contributed by atoms with Gasteiger partial charge in [0.15, 0.2) is 0 Å². The molecule has 0 saturated heterocycles. The van der Waals surface area contributed by atoms with Crippen molar-refractivity contribution >= 4 is 0 Å². The van der Waals surface area contributed by atoms with E-state index >= 15 is 0 Å². The van der Waals surface area contributed by atoms with E-state index in [-0.39, 0.29) is 13.2 Å². The Kier molecular flexibility index (Phi) is 13.4. The standard InChI is InChI=1S/C13H16O2.C4H10O2/c1-3-9-14-10-4-11-15-13-7-5-12(2)6-8-13;5-3-1-2-4-6/h3-8,10H,1,9,11H2,2H3;5-6H,1-4H2. The number of ether oxygens (including phenoxy) is 2. The summed E-state index contributed by atoms with van der Waals surface area (Å²) in [6, 6.07) is 7.95. The van der Waals surface area contributed by atoms with Crippen molar-refractivity contribution in [1.29, 1.82) is 0 Å². The van der Waals surface area contributed by atoms with Crippen molar-refractivity contribution < 1.29 is 19.7 Å². The van der Waals surface area contributed by atoms with E-state index < -0.39 is 0 Å². The molecule has 0 spiro atoms. The monoisotopic (exact) mass is 294 g/mol. The van der Waals surface area contributed by atoms with E-state index in [4.69, 9.17) is 19.7 Å². The fraction of sp³-hybridized carbons (Fsp3) is 0.412. The van der Waals surface area contributed by atoms with Crippen LogP contribution >= 0.6 is 0 Å². The third kappa shape index (κ3) is 13.0. The molecule has 0 unspecified atom stereocenters. The number of rotatable bonds is 9. The summed E-state index contributed by atoms with van der Waals surface area (Å²) in [4.78, 5) is 0. The number of aryl methyl sites for hydroxylation is 1. The smallest absolute Gasteiger partial charge is 0.119 e. The van der Waals surface area contributed by atoms with Crippen molar-refractivity contribution in [1.82, 2.24) is 0 Å². The first kappa shape index (κ1) is 19.2. The van der Waals surface area contributed by atoms with Crippen LogP contribution in [-0.2, 0) is 4.74 Å². The summed E-state index contributed by atoms with van der Waals surface area (Å²) in [6.45, 7) is 7.03. The predicted octanol–water partition coefficient (Wildman–Crippen LogP) is 2.84. The minimum atomic E-state index is 0.195. The molecule has 1 aromatic carbocycles. The van der Waals surface area contributed by atoms with Crippen LogP contribution in [0, 0.1) is 6.92 Å². The van der Waals surface area contributed by atoms with Gasteiger partial charge in [0.05, 0.1) is 6.26 Å². The number of unbranched alkanes of at least 4 members (excludes halogenated alkanes) is 1. The molecular weight excluding hydrogens is 268 g/mol. The number of hydrogen-bond acceptors (Lipinski definition) is 4. The van der Waals surface area contributed by atoms with E-state index in [1.807, 2.05) is 37.3 Å². The molecule has 0 heterocycles. The van der Waals surface area contributed by atoms with E-state index in [9.17, 15) is 0 Å². The highest BCUT2D eigenvalue weighted by atomic mass is 16.5. The van der Waals surface area contributed by atoms with Crippen LogP contribution in [-0.4, -0.2) is 36.6 Å². The van der Waals surface area contributed by atoms with Gasteiger partial charge in [-0.25, -0.2) is 0 Å². The summed E-state index contributed by atoms with van der Waals surface area (Å²) in [6.07, 6.45) is 6.58. The highest BCUT2D eigenvalue weighted by molar-refractivity contribution is 5.26. The van der Waals surface area contributed by atoms with Crippen molar-refractivity contribution in [2.75, 3.05) is 26.4 Å². The number of hydrogen-bond donors (Lipinski definition) is 2. The normalized spacial score (nSPS) is 9.86. The van der Waals surface area contributed by atoms with Gasteiger partial charge in [0.25, 0.3) is 0 Å². The van der Waals surface area contributed by atoms with Crippen LogP contribution in [0.5, 0.6) is 5.75 Å². The van der Waals surface area contributed by atoms with Crippen LogP contribution in [0.4, 0.5) is 0 Å². The Hall–Kier alpha value is -1.78. The van der Waals surface area contributed by atoms with E-state index in [2.05, 4.69) is 6.58 Å². The molecule has 0 amide bonds. The molecule has 0 radical (unpaired) electrons. The van der Waals surface area contributed by atoms with Gasteiger partial charge in [0.1, 0.15) is 19.0 Å². The van der Waals surface area contributed by atoms with Crippen molar-refractivity contribution in [3.63, 3.8) is 0 Å². The minimum Gasteiger partial charge on any atom is -0.497 e. The Balaban J connectivity index is 0.000000567. The Morgan fingerprint density at radius 2 is 1.67 bits per heavy atom. The van der Waals surface area contributed by atoms with Gasteiger partial charge >= 0.3 is 0 Å². The SMILES string of the molecule is C=CCOC=CCOc1ccc(C)cc1.OCCCCO. The lowest BCUT2D eigenvalue weighted by molar-refractivity contribution is 0.242. The van der Waals surface area contributed by atoms with E-state index in [0.29, 0.717) is 13.2 Å². The Bertz CT molecular complexity index is 367. The summed E-state index contributed by atoms with van der Waals surface area (Å²) in [5.41, 5.74) is 1.23. The van der Waals surface area contributed by atoms with Gasteiger partial charge in [-0.2, -0.15) is 0 Å².